The first-order valence-corrected chi connectivity index (χ1v) is 9.96. The van der Waals surface area contributed by atoms with Gasteiger partial charge in [-0.25, -0.2) is 13.2 Å². The number of hydrogen-bond acceptors (Lipinski definition) is 6. The van der Waals surface area contributed by atoms with Crippen LogP contribution < -0.4 is 4.90 Å². The summed E-state index contributed by atoms with van der Waals surface area (Å²) in [5.74, 6) is -1.45. The molecule has 1 aliphatic rings. The van der Waals surface area contributed by atoms with Crippen molar-refractivity contribution < 1.29 is 22.7 Å². The first-order valence-electron chi connectivity index (χ1n) is 5.81. The summed E-state index contributed by atoms with van der Waals surface area (Å²) in [6, 6.07) is 0. The third-order valence-electron chi connectivity index (χ3n) is 3.00. The van der Waals surface area contributed by atoms with Crippen LogP contribution >= 0.6 is 37.9 Å². The van der Waals surface area contributed by atoms with E-state index in [1.807, 2.05) is 0 Å². The van der Waals surface area contributed by atoms with Crippen LogP contribution in [0.1, 0.15) is 16.1 Å². The number of nitrogens with zero attached hydrogens (tertiary/aromatic N) is 1. The molecule has 6 nitrogen and oxygen atoms in total. The Balaban J connectivity index is 2.29. The monoisotopic (exact) mass is 415 g/mol. The Labute approximate surface area is 138 Å². The second-order valence-electron chi connectivity index (χ2n) is 4.53. The van der Waals surface area contributed by atoms with E-state index in [1.54, 1.807) is 5.38 Å². The number of rotatable bonds is 4. The van der Waals surface area contributed by atoms with Gasteiger partial charge in [-0.1, -0.05) is 0 Å². The van der Waals surface area contributed by atoms with E-state index in [0.29, 0.717) is 15.0 Å². The van der Waals surface area contributed by atoms with Crippen molar-refractivity contribution in [3.8, 4) is 0 Å². The van der Waals surface area contributed by atoms with Crippen molar-refractivity contribution in [3.63, 3.8) is 0 Å². The molecule has 21 heavy (non-hydrogen) atoms. The smallest absolute Gasteiger partial charge is 0.350 e. The predicted molar refractivity (Wildman–Crippen MR) is 83.5 cm³/mol. The third-order valence-corrected chi connectivity index (χ3v) is 6.11. The van der Waals surface area contributed by atoms with Gasteiger partial charge in [-0.05, 0) is 15.9 Å². The first-order chi connectivity index (χ1) is 9.73. The molecule has 0 aromatic carbocycles. The minimum atomic E-state index is -3.67. The van der Waals surface area contributed by atoms with E-state index in [9.17, 15) is 18.0 Å². The van der Waals surface area contributed by atoms with Gasteiger partial charge in [-0.2, -0.15) is 0 Å². The van der Waals surface area contributed by atoms with Crippen LogP contribution in [0.25, 0.3) is 0 Å². The summed E-state index contributed by atoms with van der Waals surface area (Å²) in [5, 5.41) is 1.68. The van der Waals surface area contributed by atoms with Crippen molar-refractivity contribution in [1.29, 1.82) is 0 Å². The molecule has 2 rings (SSSR count). The zero-order valence-electron chi connectivity index (χ0n) is 10.8. The van der Waals surface area contributed by atoms with Crippen LogP contribution in [0.15, 0.2) is 9.85 Å². The molecule has 1 amide bonds. The molecule has 1 unspecified atom stereocenters. The number of amides is 1. The van der Waals surface area contributed by atoms with E-state index in [2.05, 4.69) is 20.7 Å². The lowest BCUT2D eigenvalue weighted by atomic mass is 10.1. The summed E-state index contributed by atoms with van der Waals surface area (Å²) in [7, 11) is 2.82. The quantitative estimate of drug-likeness (QED) is 0.555. The SMILES string of the molecule is COC(=O)c1scc(Br)c1N1CC(CS(=O)(=O)Cl)CC1=O. The molecular formula is C11H11BrClNO5S2. The van der Waals surface area contributed by atoms with Crippen molar-refractivity contribution in [2.45, 2.75) is 6.42 Å². The third kappa shape index (κ3) is 3.77. The van der Waals surface area contributed by atoms with Gasteiger partial charge in [-0.15, -0.1) is 11.3 Å². The van der Waals surface area contributed by atoms with E-state index in [0.717, 1.165) is 11.3 Å². The highest BCUT2D eigenvalue weighted by atomic mass is 79.9. The largest absolute Gasteiger partial charge is 0.465 e. The Morgan fingerprint density at radius 2 is 2.29 bits per heavy atom. The molecule has 1 aliphatic heterocycles. The Bertz CT molecular complexity index is 687. The van der Waals surface area contributed by atoms with Crippen molar-refractivity contribution in [3.05, 3.63) is 14.7 Å². The number of halogens is 2. The van der Waals surface area contributed by atoms with Crippen LogP contribution in [0.4, 0.5) is 5.69 Å². The second-order valence-corrected chi connectivity index (χ2v) is 9.09. The van der Waals surface area contributed by atoms with Gasteiger partial charge >= 0.3 is 5.97 Å². The summed E-state index contributed by atoms with van der Waals surface area (Å²) in [4.78, 5) is 25.5. The predicted octanol–water partition coefficient (Wildman–Crippen LogP) is 2.22. The molecule has 1 saturated heterocycles. The molecule has 1 aromatic heterocycles. The van der Waals surface area contributed by atoms with Crippen LogP contribution in [-0.2, 0) is 18.6 Å². The summed E-state index contributed by atoms with van der Waals surface area (Å²) < 4.78 is 27.5. The molecule has 0 spiro atoms. The Hall–Kier alpha value is -0.640. The van der Waals surface area contributed by atoms with E-state index >= 15 is 0 Å². The average molecular weight is 417 g/mol. The number of esters is 1. The van der Waals surface area contributed by atoms with Gasteiger partial charge in [0.2, 0.25) is 15.0 Å². The fourth-order valence-electron chi connectivity index (χ4n) is 2.21. The molecule has 2 heterocycles. The molecule has 0 radical (unpaired) electrons. The molecule has 1 atom stereocenters. The lowest BCUT2D eigenvalue weighted by Gasteiger charge is -2.17. The van der Waals surface area contributed by atoms with Crippen LogP contribution in [-0.4, -0.2) is 39.7 Å². The standard InChI is InChI=1S/C11H11BrClNO5S2/c1-19-11(16)10-9(7(12)4-20-10)14-3-6(2-8(14)15)5-21(13,17)18/h4,6H,2-3,5H2,1H3. The van der Waals surface area contributed by atoms with Crippen molar-refractivity contribution in [1.82, 2.24) is 0 Å². The molecule has 1 fully saturated rings. The summed E-state index contributed by atoms with van der Waals surface area (Å²) in [6.07, 6.45) is 0.0782. The fourth-order valence-corrected chi connectivity index (χ4v) is 5.20. The summed E-state index contributed by atoms with van der Waals surface area (Å²) in [5.41, 5.74) is 0.423. The lowest BCUT2D eigenvalue weighted by Crippen LogP contribution is -2.26. The minimum Gasteiger partial charge on any atom is -0.465 e. The lowest BCUT2D eigenvalue weighted by molar-refractivity contribution is -0.117. The number of carbonyl (C=O) groups is 2. The highest BCUT2D eigenvalue weighted by molar-refractivity contribution is 9.10. The average Bonchev–Trinajstić information content (AvgIpc) is 2.89. The van der Waals surface area contributed by atoms with Crippen molar-refractivity contribution in [2.75, 3.05) is 24.3 Å². The van der Waals surface area contributed by atoms with Crippen molar-refractivity contribution >= 4 is 64.6 Å². The van der Waals surface area contributed by atoms with E-state index in [-0.39, 0.29) is 24.6 Å². The summed E-state index contributed by atoms with van der Waals surface area (Å²) in [6.45, 7) is 0.199. The number of methoxy groups -OCH3 is 1. The number of carbonyl (C=O) groups excluding carboxylic acids is 2. The van der Waals surface area contributed by atoms with Gasteiger partial charge in [-0.3, -0.25) is 4.79 Å². The van der Waals surface area contributed by atoms with Crippen LogP contribution in [0, 0.1) is 5.92 Å². The van der Waals surface area contributed by atoms with Gasteiger partial charge in [0.05, 0.1) is 23.0 Å². The fraction of sp³-hybridized carbons (Fsp3) is 0.455. The molecular weight excluding hydrogens is 406 g/mol. The number of thiophene rings is 1. The minimum absolute atomic E-state index is 0.0782. The number of ether oxygens (including phenoxy) is 1. The van der Waals surface area contributed by atoms with E-state index in [1.165, 1.54) is 12.0 Å². The maximum Gasteiger partial charge on any atom is 0.350 e. The highest BCUT2D eigenvalue weighted by Crippen LogP contribution is 2.39. The molecule has 0 saturated carbocycles. The Kier molecular flexibility index (Phi) is 4.96. The van der Waals surface area contributed by atoms with Gasteiger partial charge in [0.15, 0.2) is 0 Å². The van der Waals surface area contributed by atoms with Crippen LogP contribution in [0.2, 0.25) is 0 Å². The molecule has 0 N–H and O–H groups in total. The van der Waals surface area contributed by atoms with Crippen LogP contribution in [0.3, 0.4) is 0 Å². The normalized spacial score (nSPS) is 19.1. The van der Waals surface area contributed by atoms with Crippen LogP contribution in [0.5, 0.6) is 0 Å². The van der Waals surface area contributed by atoms with E-state index < -0.39 is 20.9 Å². The Morgan fingerprint density at radius 1 is 1.62 bits per heavy atom. The van der Waals surface area contributed by atoms with Gasteiger partial charge in [0.1, 0.15) is 4.88 Å². The van der Waals surface area contributed by atoms with Crippen molar-refractivity contribution in [2.24, 2.45) is 5.92 Å². The maximum atomic E-state index is 12.1. The number of hydrogen-bond donors (Lipinski definition) is 0. The molecule has 1 aromatic rings. The molecule has 0 bridgehead atoms. The summed E-state index contributed by atoms with van der Waals surface area (Å²) >= 11 is 4.45. The van der Waals surface area contributed by atoms with Gasteiger partial charge in [0, 0.05) is 34.9 Å². The maximum absolute atomic E-state index is 12.1. The van der Waals surface area contributed by atoms with E-state index in [4.69, 9.17) is 10.7 Å². The zero-order chi connectivity index (χ0) is 15.8. The molecule has 10 heteroatoms. The Morgan fingerprint density at radius 3 is 2.86 bits per heavy atom. The highest BCUT2D eigenvalue weighted by Gasteiger charge is 2.36. The second kappa shape index (κ2) is 6.23. The van der Waals surface area contributed by atoms with Gasteiger partial charge < -0.3 is 9.64 Å². The molecule has 116 valence electrons. The topological polar surface area (TPSA) is 80.8 Å². The first kappa shape index (κ1) is 16.7. The molecule has 0 aliphatic carbocycles. The number of anilines is 1. The zero-order valence-corrected chi connectivity index (χ0v) is 14.8. The van der Waals surface area contributed by atoms with Gasteiger partial charge in [0.25, 0.3) is 0 Å².